The third-order valence-electron chi connectivity index (χ3n) is 2.57. The predicted molar refractivity (Wildman–Crippen MR) is 66.0 cm³/mol. The minimum Gasteiger partial charge on any atom is -0.508 e. The van der Waals surface area contributed by atoms with Crippen molar-refractivity contribution in [2.24, 2.45) is 0 Å². The molecule has 0 fully saturated rings. The molecule has 3 N–H and O–H groups in total. The Bertz CT molecular complexity index is 396. The van der Waals surface area contributed by atoms with Crippen molar-refractivity contribution in [3.8, 4) is 5.75 Å². The summed E-state index contributed by atoms with van der Waals surface area (Å²) in [6, 6.07) is 3.45. The lowest BCUT2D eigenvalue weighted by Gasteiger charge is -2.06. The van der Waals surface area contributed by atoms with Gasteiger partial charge in [-0.05, 0) is 25.0 Å². The summed E-state index contributed by atoms with van der Waals surface area (Å²) in [6.45, 7) is 0.662. The Balaban J connectivity index is 2.32. The molecule has 1 aromatic carbocycles. The average Bonchev–Trinajstić information content (AvgIpc) is 2.33. The largest absolute Gasteiger partial charge is 0.508 e. The summed E-state index contributed by atoms with van der Waals surface area (Å²) >= 11 is 0. The summed E-state index contributed by atoms with van der Waals surface area (Å²) in [7, 11) is 0. The Kier molecular flexibility index (Phi) is 6.14. The molecule has 18 heavy (non-hydrogen) atoms. The number of nitrogens with one attached hydrogen (secondary N) is 1. The molecule has 0 aromatic heterocycles. The Labute approximate surface area is 105 Å². The van der Waals surface area contributed by atoms with Gasteiger partial charge in [0, 0.05) is 19.2 Å². The molecule has 0 saturated carbocycles. The van der Waals surface area contributed by atoms with Crippen molar-refractivity contribution in [2.75, 3.05) is 13.2 Å². The first kappa shape index (κ1) is 14.4. The van der Waals surface area contributed by atoms with Crippen LogP contribution in [-0.4, -0.2) is 29.3 Å². The number of hydrogen-bond donors (Lipinski definition) is 3. The van der Waals surface area contributed by atoms with Gasteiger partial charge in [-0.2, -0.15) is 0 Å². The van der Waals surface area contributed by atoms with E-state index in [1.54, 1.807) is 0 Å². The van der Waals surface area contributed by atoms with Crippen molar-refractivity contribution in [1.82, 2.24) is 5.32 Å². The predicted octanol–water partition coefficient (Wildman–Crippen LogP) is 1.81. The van der Waals surface area contributed by atoms with Gasteiger partial charge < -0.3 is 15.5 Å². The van der Waals surface area contributed by atoms with Crippen LogP contribution in [0.4, 0.5) is 4.39 Å². The van der Waals surface area contributed by atoms with E-state index in [0.29, 0.717) is 6.54 Å². The summed E-state index contributed by atoms with van der Waals surface area (Å²) in [4.78, 5) is 11.6. The Hall–Kier alpha value is -1.62. The molecule has 1 amide bonds. The molecule has 0 heterocycles. The summed E-state index contributed by atoms with van der Waals surface area (Å²) in [5, 5.41) is 20.2. The van der Waals surface area contributed by atoms with E-state index in [0.717, 1.165) is 31.7 Å². The lowest BCUT2D eigenvalue weighted by Crippen LogP contribution is -2.25. The molecule has 0 saturated heterocycles. The fourth-order valence-corrected chi connectivity index (χ4v) is 1.58. The maximum atomic E-state index is 13.3. The van der Waals surface area contributed by atoms with Gasteiger partial charge in [-0.15, -0.1) is 0 Å². The van der Waals surface area contributed by atoms with E-state index < -0.39 is 11.7 Å². The second kappa shape index (κ2) is 7.66. The van der Waals surface area contributed by atoms with E-state index in [9.17, 15) is 9.18 Å². The quantitative estimate of drug-likeness (QED) is 0.651. The van der Waals surface area contributed by atoms with Gasteiger partial charge in [0.1, 0.15) is 11.6 Å². The third kappa shape index (κ3) is 4.71. The maximum absolute atomic E-state index is 13.3. The number of carbonyl (C=O) groups excluding carboxylic acids is 1. The van der Waals surface area contributed by atoms with Gasteiger partial charge in [0.15, 0.2) is 0 Å². The van der Waals surface area contributed by atoms with E-state index in [4.69, 9.17) is 10.2 Å². The molecule has 5 heteroatoms. The van der Waals surface area contributed by atoms with Crippen LogP contribution in [0.15, 0.2) is 18.2 Å². The summed E-state index contributed by atoms with van der Waals surface area (Å²) in [6.07, 6.45) is 3.39. The van der Waals surface area contributed by atoms with Crippen molar-refractivity contribution in [3.05, 3.63) is 29.6 Å². The van der Waals surface area contributed by atoms with Gasteiger partial charge in [-0.3, -0.25) is 4.79 Å². The normalized spacial score (nSPS) is 10.3. The van der Waals surface area contributed by atoms with Gasteiger partial charge in [0.2, 0.25) is 0 Å². The monoisotopic (exact) mass is 255 g/mol. The molecule has 0 unspecified atom stereocenters. The second-order valence-electron chi connectivity index (χ2n) is 4.06. The highest BCUT2D eigenvalue weighted by atomic mass is 19.1. The van der Waals surface area contributed by atoms with Gasteiger partial charge in [-0.25, -0.2) is 4.39 Å². The molecule has 0 aliphatic heterocycles. The number of aliphatic hydroxyl groups is 1. The summed E-state index contributed by atoms with van der Waals surface area (Å²) in [5.41, 5.74) is -0.0665. The zero-order chi connectivity index (χ0) is 13.4. The standard InChI is InChI=1S/C13H18FNO3/c14-12-9-10(17)5-6-11(12)13(18)15-7-3-1-2-4-8-16/h5-6,9,16-17H,1-4,7-8H2,(H,15,18). The van der Waals surface area contributed by atoms with Crippen LogP contribution >= 0.6 is 0 Å². The van der Waals surface area contributed by atoms with Crippen LogP contribution < -0.4 is 5.32 Å². The van der Waals surface area contributed by atoms with Crippen molar-refractivity contribution in [2.45, 2.75) is 25.7 Å². The highest BCUT2D eigenvalue weighted by molar-refractivity contribution is 5.94. The number of aromatic hydroxyl groups is 1. The fourth-order valence-electron chi connectivity index (χ4n) is 1.58. The minimum atomic E-state index is -0.729. The maximum Gasteiger partial charge on any atom is 0.254 e. The zero-order valence-corrected chi connectivity index (χ0v) is 10.2. The number of carbonyl (C=O) groups is 1. The lowest BCUT2D eigenvalue weighted by molar-refractivity contribution is 0.0948. The Morgan fingerprint density at radius 1 is 1.22 bits per heavy atom. The van der Waals surface area contributed by atoms with Crippen LogP contribution in [0.3, 0.4) is 0 Å². The summed E-state index contributed by atoms with van der Waals surface area (Å²) in [5.74, 6) is -1.41. The second-order valence-corrected chi connectivity index (χ2v) is 4.06. The smallest absolute Gasteiger partial charge is 0.254 e. The molecule has 0 aliphatic carbocycles. The van der Waals surface area contributed by atoms with Crippen LogP contribution in [0.5, 0.6) is 5.75 Å². The van der Waals surface area contributed by atoms with Gasteiger partial charge >= 0.3 is 0 Å². The Morgan fingerprint density at radius 3 is 2.61 bits per heavy atom. The number of unbranched alkanes of at least 4 members (excludes halogenated alkanes) is 3. The van der Waals surface area contributed by atoms with Gasteiger partial charge in [-0.1, -0.05) is 12.8 Å². The molecule has 0 aliphatic rings. The molecule has 0 spiro atoms. The lowest BCUT2D eigenvalue weighted by atomic mass is 10.1. The van der Waals surface area contributed by atoms with Crippen molar-refractivity contribution >= 4 is 5.91 Å². The van der Waals surface area contributed by atoms with Crippen molar-refractivity contribution in [3.63, 3.8) is 0 Å². The number of rotatable bonds is 7. The highest BCUT2D eigenvalue weighted by Crippen LogP contribution is 2.14. The third-order valence-corrected chi connectivity index (χ3v) is 2.57. The molecule has 4 nitrogen and oxygen atoms in total. The van der Waals surface area contributed by atoms with Crippen LogP contribution in [0.2, 0.25) is 0 Å². The first-order valence-corrected chi connectivity index (χ1v) is 6.02. The first-order valence-electron chi connectivity index (χ1n) is 6.02. The molecule has 0 radical (unpaired) electrons. The van der Waals surface area contributed by atoms with Crippen LogP contribution in [0, 0.1) is 5.82 Å². The van der Waals surface area contributed by atoms with Crippen LogP contribution in [0.25, 0.3) is 0 Å². The molecule has 1 aromatic rings. The van der Waals surface area contributed by atoms with E-state index >= 15 is 0 Å². The molecule has 1 rings (SSSR count). The fraction of sp³-hybridized carbons (Fsp3) is 0.462. The molecular formula is C13H18FNO3. The molecule has 0 bridgehead atoms. The number of benzene rings is 1. The van der Waals surface area contributed by atoms with Crippen molar-refractivity contribution < 1.29 is 19.4 Å². The van der Waals surface area contributed by atoms with Crippen LogP contribution in [-0.2, 0) is 0 Å². The number of aliphatic hydroxyl groups excluding tert-OH is 1. The Morgan fingerprint density at radius 2 is 1.94 bits per heavy atom. The van der Waals surface area contributed by atoms with Crippen LogP contribution in [0.1, 0.15) is 36.0 Å². The number of phenols is 1. The van der Waals surface area contributed by atoms with Gasteiger partial charge in [0.05, 0.1) is 5.56 Å². The number of phenolic OH excluding ortho intramolecular Hbond substituents is 1. The SMILES string of the molecule is O=C(NCCCCCCO)c1ccc(O)cc1F. The van der Waals surface area contributed by atoms with E-state index in [2.05, 4.69) is 5.32 Å². The first-order chi connectivity index (χ1) is 8.65. The number of halogens is 1. The van der Waals surface area contributed by atoms with E-state index in [1.807, 2.05) is 0 Å². The highest BCUT2D eigenvalue weighted by Gasteiger charge is 2.11. The summed E-state index contributed by atoms with van der Waals surface area (Å²) < 4.78 is 13.3. The molecule has 0 atom stereocenters. The van der Waals surface area contributed by atoms with E-state index in [-0.39, 0.29) is 17.9 Å². The van der Waals surface area contributed by atoms with Gasteiger partial charge in [0.25, 0.3) is 5.91 Å². The minimum absolute atomic E-state index is 0.0665. The van der Waals surface area contributed by atoms with E-state index in [1.165, 1.54) is 12.1 Å². The number of amides is 1. The zero-order valence-electron chi connectivity index (χ0n) is 10.2. The van der Waals surface area contributed by atoms with Crippen molar-refractivity contribution in [1.29, 1.82) is 0 Å². The number of hydrogen-bond acceptors (Lipinski definition) is 3. The molecule has 100 valence electrons. The average molecular weight is 255 g/mol. The topological polar surface area (TPSA) is 69.6 Å². The molecular weight excluding hydrogens is 237 g/mol.